The van der Waals surface area contributed by atoms with Gasteiger partial charge in [0.2, 0.25) is 0 Å². The van der Waals surface area contributed by atoms with E-state index in [1.54, 1.807) is 0 Å². The highest BCUT2D eigenvalue weighted by Crippen LogP contribution is 2.29. The van der Waals surface area contributed by atoms with Crippen molar-refractivity contribution in [2.75, 3.05) is 26.3 Å². The molecule has 2 aromatic rings. The number of para-hydroxylation sites is 1. The Hall–Kier alpha value is -2.39. The summed E-state index contributed by atoms with van der Waals surface area (Å²) in [6.45, 7) is 3.32. The molecule has 3 nitrogen and oxygen atoms in total. The van der Waals surface area contributed by atoms with Crippen molar-refractivity contribution in [1.29, 1.82) is 0 Å². The van der Waals surface area contributed by atoms with Crippen LogP contribution in [0.15, 0.2) is 65.7 Å². The molecule has 1 fully saturated rings. The predicted octanol–water partition coefficient (Wildman–Crippen LogP) is 3.69. The number of hydrogen-bond donors (Lipinski definition) is 0. The summed E-state index contributed by atoms with van der Waals surface area (Å²) in [6.07, 6.45) is 3.23. The van der Waals surface area contributed by atoms with Crippen molar-refractivity contribution < 1.29 is 4.74 Å². The van der Waals surface area contributed by atoms with Crippen molar-refractivity contribution in [1.82, 2.24) is 4.90 Å². The summed E-state index contributed by atoms with van der Waals surface area (Å²) in [6, 6.07) is 19.0. The highest BCUT2D eigenvalue weighted by molar-refractivity contribution is 6.23. The minimum absolute atomic E-state index is 0.767. The maximum absolute atomic E-state index is 5.52. The number of rotatable bonds is 1. The molecule has 2 aliphatic heterocycles. The molecule has 0 amide bonds. The van der Waals surface area contributed by atoms with Gasteiger partial charge in [0.25, 0.3) is 0 Å². The summed E-state index contributed by atoms with van der Waals surface area (Å²) in [5.74, 6) is 1.07. The number of allylic oxidation sites excluding steroid dienone is 1. The molecule has 2 aromatic carbocycles. The first-order valence-corrected chi connectivity index (χ1v) is 8.17. The maximum Gasteiger partial charge on any atom is 0.136 e. The van der Waals surface area contributed by atoms with Crippen LogP contribution in [-0.2, 0) is 11.2 Å². The Morgan fingerprint density at radius 2 is 1.61 bits per heavy atom. The van der Waals surface area contributed by atoms with Crippen molar-refractivity contribution in [3.8, 4) is 0 Å². The van der Waals surface area contributed by atoms with Crippen LogP contribution in [0.5, 0.6) is 0 Å². The molecule has 0 bridgehead atoms. The molecule has 3 heteroatoms. The highest BCUT2D eigenvalue weighted by atomic mass is 16.5. The quantitative estimate of drug-likeness (QED) is 0.802. The standard InChI is InChI=1S/C20H20N2O/c1-2-6-16(7-3-1)18-11-10-17-8-4-5-9-19(17)21-20(18)22-12-14-23-15-13-22/h1-9,11H,10,12-15H2. The van der Waals surface area contributed by atoms with Crippen LogP contribution in [0.25, 0.3) is 5.57 Å². The van der Waals surface area contributed by atoms with Gasteiger partial charge in [0.1, 0.15) is 5.84 Å². The summed E-state index contributed by atoms with van der Waals surface area (Å²) in [5.41, 5.74) is 4.81. The van der Waals surface area contributed by atoms with E-state index in [1.807, 2.05) is 0 Å². The number of amidine groups is 1. The second-order valence-corrected chi connectivity index (χ2v) is 5.85. The Morgan fingerprint density at radius 1 is 0.870 bits per heavy atom. The van der Waals surface area contributed by atoms with Crippen molar-refractivity contribution >= 4 is 17.1 Å². The monoisotopic (exact) mass is 304 g/mol. The van der Waals surface area contributed by atoms with E-state index < -0.39 is 0 Å². The Balaban J connectivity index is 1.81. The number of morpholine rings is 1. The predicted molar refractivity (Wildman–Crippen MR) is 94.1 cm³/mol. The minimum atomic E-state index is 0.767. The zero-order valence-corrected chi connectivity index (χ0v) is 13.1. The first-order chi connectivity index (χ1) is 11.4. The van der Waals surface area contributed by atoms with Gasteiger partial charge in [-0.3, -0.25) is 0 Å². The number of nitrogens with zero attached hydrogens (tertiary/aromatic N) is 2. The van der Waals surface area contributed by atoms with Crippen molar-refractivity contribution in [2.24, 2.45) is 4.99 Å². The van der Waals surface area contributed by atoms with Crippen LogP contribution < -0.4 is 0 Å². The summed E-state index contributed by atoms with van der Waals surface area (Å²) < 4.78 is 5.52. The van der Waals surface area contributed by atoms with E-state index >= 15 is 0 Å². The van der Waals surface area contributed by atoms with Gasteiger partial charge in [-0.05, 0) is 23.6 Å². The molecular formula is C20H20N2O. The smallest absolute Gasteiger partial charge is 0.136 e. The number of fused-ring (bicyclic) bond motifs is 1. The third-order valence-electron chi connectivity index (χ3n) is 4.38. The summed E-state index contributed by atoms with van der Waals surface area (Å²) >= 11 is 0. The molecule has 0 spiro atoms. The van der Waals surface area contributed by atoms with Crippen molar-refractivity contribution in [3.63, 3.8) is 0 Å². The molecule has 23 heavy (non-hydrogen) atoms. The van der Waals surface area contributed by atoms with E-state index in [9.17, 15) is 0 Å². The van der Waals surface area contributed by atoms with Crippen LogP contribution in [0.4, 0.5) is 5.69 Å². The van der Waals surface area contributed by atoms with Crippen LogP contribution in [-0.4, -0.2) is 37.0 Å². The molecule has 0 atom stereocenters. The largest absolute Gasteiger partial charge is 0.378 e. The lowest BCUT2D eigenvalue weighted by atomic mass is 10.0. The third kappa shape index (κ3) is 2.92. The fourth-order valence-corrected chi connectivity index (χ4v) is 3.15. The van der Waals surface area contributed by atoms with Gasteiger partial charge in [-0.25, -0.2) is 4.99 Å². The van der Waals surface area contributed by atoms with Gasteiger partial charge in [-0.15, -0.1) is 0 Å². The number of aliphatic imine (C=N–C) groups is 1. The lowest BCUT2D eigenvalue weighted by molar-refractivity contribution is 0.0687. The topological polar surface area (TPSA) is 24.8 Å². The van der Waals surface area contributed by atoms with Crippen LogP contribution in [0.3, 0.4) is 0 Å². The summed E-state index contributed by atoms with van der Waals surface area (Å²) in [7, 11) is 0. The second-order valence-electron chi connectivity index (χ2n) is 5.85. The van der Waals surface area contributed by atoms with Gasteiger partial charge in [0, 0.05) is 18.7 Å². The first kappa shape index (κ1) is 14.2. The van der Waals surface area contributed by atoms with E-state index in [0.29, 0.717) is 0 Å². The van der Waals surface area contributed by atoms with Gasteiger partial charge in [-0.2, -0.15) is 0 Å². The van der Waals surface area contributed by atoms with Gasteiger partial charge < -0.3 is 9.64 Å². The third-order valence-corrected chi connectivity index (χ3v) is 4.38. The second kappa shape index (κ2) is 6.39. The number of hydrogen-bond acceptors (Lipinski definition) is 3. The van der Waals surface area contributed by atoms with Gasteiger partial charge in [0.05, 0.1) is 18.9 Å². The fraction of sp³-hybridized carbons (Fsp3) is 0.250. The van der Waals surface area contributed by atoms with Crippen LogP contribution in [0.1, 0.15) is 11.1 Å². The van der Waals surface area contributed by atoms with E-state index in [0.717, 1.165) is 44.2 Å². The molecule has 2 heterocycles. The molecule has 0 saturated carbocycles. The zero-order valence-electron chi connectivity index (χ0n) is 13.1. The molecule has 1 saturated heterocycles. The highest BCUT2D eigenvalue weighted by Gasteiger charge is 2.22. The molecule has 4 rings (SSSR count). The van der Waals surface area contributed by atoms with E-state index in [4.69, 9.17) is 9.73 Å². The maximum atomic E-state index is 5.52. The van der Waals surface area contributed by atoms with Crippen LogP contribution in [0, 0.1) is 0 Å². The zero-order chi connectivity index (χ0) is 15.5. The molecule has 2 aliphatic rings. The Labute approximate surface area is 136 Å². The Kier molecular flexibility index (Phi) is 3.95. The number of benzene rings is 2. The van der Waals surface area contributed by atoms with Crippen molar-refractivity contribution in [3.05, 3.63) is 71.8 Å². The first-order valence-electron chi connectivity index (χ1n) is 8.17. The summed E-state index contributed by atoms with van der Waals surface area (Å²) in [5, 5.41) is 0. The minimum Gasteiger partial charge on any atom is -0.378 e. The lowest BCUT2D eigenvalue weighted by Crippen LogP contribution is -2.41. The molecule has 0 radical (unpaired) electrons. The Bertz CT molecular complexity index is 743. The molecule has 0 aliphatic carbocycles. The SMILES string of the molecule is C1=C(c2ccccc2)C(N2CCOCC2)=Nc2ccccc2C1. The fourth-order valence-electron chi connectivity index (χ4n) is 3.15. The van der Waals surface area contributed by atoms with E-state index in [1.165, 1.54) is 16.7 Å². The molecule has 116 valence electrons. The summed E-state index contributed by atoms with van der Waals surface area (Å²) in [4.78, 5) is 7.39. The van der Waals surface area contributed by atoms with Crippen molar-refractivity contribution in [2.45, 2.75) is 6.42 Å². The van der Waals surface area contributed by atoms with Gasteiger partial charge >= 0.3 is 0 Å². The lowest BCUT2D eigenvalue weighted by Gasteiger charge is -2.31. The molecular weight excluding hydrogens is 284 g/mol. The Morgan fingerprint density at radius 3 is 2.43 bits per heavy atom. The molecule has 0 aromatic heterocycles. The van der Waals surface area contributed by atoms with Crippen LogP contribution >= 0.6 is 0 Å². The average Bonchev–Trinajstić information content (AvgIpc) is 2.83. The molecule has 0 unspecified atom stereocenters. The van der Waals surface area contributed by atoms with Gasteiger partial charge in [0.15, 0.2) is 0 Å². The van der Waals surface area contributed by atoms with E-state index in [2.05, 4.69) is 65.6 Å². The van der Waals surface area contributed by atoms with Crippen LogP contribution in [0.2, 0.25) is 0 Å². The normalized spacial score (nSPS) is 17.8. The van der Waals surface area contributed by atoms with E-state index in [-0.39, 0.29) is 0 Å². The van der Waals surface area contributed by atoms with Gasteiger partial charge in [-0.1, -0.05) is 54.6 Å². The average molecular weight is 304 g/mol. The molecule has 0 N–H and O–H groups in total. The number of ether oxygens (including phenoxy) is 1.